The number of rotatable bonds is 2. The van der Waals surface area contributed by atoms with Crippen LogP contribution < -0.4 is 4.98 Å². The third-order valence-electron chi connectivity index (χ3n) is 1.19. The summed E-state index contributed by atoms with van der Waals surface area (Å²) in [7, 11) is 5.55. The fourth-order valence-corrected chi connectivity index (χ4v) is 0.775. The first kappa shape index (κ1) is 7.14. The number of hydrogen-bond acceptors (Lipinski definition) is 2. The molecule has 0 aliphatic heterocycles. The Morgan fingerprint density at radius 2 is 1.86 bits per heavy atom. The van der Waals surface area contributed by atoms with Crippen molar-refractivity contribution in [2.45, 2.75) is 6.55 Å². The van der Waals surface area contributed by atoms with Crippen LogP contribution in [-0.4, -0.2) is 34.8 Å². The highest BCUT2D eigenvalue weighted by molar-refractivity contribution is 6.51. The van der Waals surface area contributed by atoms with Gasteiger partial charge in [-0.2, -0.15) is 0 Å². The van der Waals surface area contributed by atoms with E-state index in [4.69, 9.17) is 0 Å². The molecule has 44 valence electrons. The average molecular weight is 118 g/mol. The van der Waals surface area contributed by atoms with Crippen LogP contribution >= 0.6 is 0 Å². The minimum absolute atomic E-state index is 0.671. The van der Waals surface area contributed by atoms with Gasteiger partial charge < -0.3 is 9.55 Å². The molecule has 7 heavy (non-hydrogen) atoms. The summed E-state index contributed by atoms with van der Waals surface area (Å²) in [6.07, 6.45) is 0. The third kappa shape index (κ3) is 2.79. The molecular weight excluding hydrogens is 104 g/mol. The Hall–Kier alpha value is 0.137. The van der Waals surface area contributed by atoms with Crippen LogP contribution in [0.5, 0.6) is 0 Å². The molecular formula is C4H14N2Si. The lowest BCUT2D eigenvalue weighted by molar-refractivity contribution is 0.629. The number of hydrogen-bond donors (Lipinski definition) is 1. The molecule has 0 spiro atoms. The van der Waals surface area contributed by atoms with Crippen molar-refractivity contribution in [2.75, 3.05) is 21.1 Å². The molecule has 0 saturated carbocycles. The average Bonchev–Trinajstić information content (AvgIpc) is 1.65. The summed E-state index contributed by atoms with van der Waals surface area (Å²) in [5.74, 6) is 0. The van der Waals surface area contributed by atoms with Crippen molar-refractivity contribution >= 4 is 9.12 Å². The lowest BCUT2D eigenvalue weighted by Gasteiger charge is -2.15. The maximum absolute atomic E-state index is 3.23. The van der Waals surface area contributed by atoms with Crippen LogP contribution in [-0.2, 0) is 0 Å². The van der Waals surface area contributed by atoms with Crippen LogP contribution in [0.25, 0.3) is 0 Å². The van der Waals surface area contributed by atoms with Crippen molar-refractivity contribution in [3.63, 3.8) is 0 Å². The van der Waals surface area contributed by atoms with Crippen molar-refractivity contribution in [3.05, 3.63) is 0 Å². The summed E-state index contributed by atoms with van der Waals surface area (Å²) in [5.41, 5.74) is 0. The van der Waals surface area contributed by atoms with Crippen molar-refractivity contribution in [2.24, 2.45) is 0 Å². The van der Waals surface area contributed by atoms with Gasteiger partial charge in [-0.15, -0.1) is 0 Å². The van der Waals surface area contributed by atoms with Gasteiger partial charge in [-0.3, -0.25) is 0 Å². The van der Waals surface area contributed by atoms with Crippen molar-refractivity contribution in [1.29, 1.82) is 0 Å². The van der Waals surface area contributed by atoms with Crippen LogP contribution in [0.1, 0.15) is 0 Å². The standard InChI is InChI=1S/C4H14N2Si/c1-5-7(4)6(2)3/h5,7H,1-4H3. The van der Waals surface area contributed by atoms with E-state index in [1.165, 1.54) is 0 Å². The van der Waals surface area contributed by atoms with Gasteiger partial charge in [-0.05, 0) is 27.7 Å². The summed E-state index contributed by atoms with van der Waals surface area (Å²) in [6, 6.07) is 0. The van der Waals surface area contributed by atoms with E-state index in [1.54, 1.807) is 0 Å². The Kier molecular flexibility index (Phi) is 3.24. The van der Waals surface area contributed by atoms with Crippen LogP contribution in [0.2, 0.25) is 6.55 Å². The summed E-state index contributed by atoms with van der Waals surface area (Å²) in [5, 5.41) is 0. The quantitative estimate of drug-likeness (QED) is 0.497. The van der Waals surface area contributed by atoms with Crippen molar-refractivity contribution < 1.29 is 0 Å². The van der Waals surface area contributed by atoms with Crippen LogP contribution in [0.15, 0.2) is 0 Å². The Labute approximate surface area is 47.3 Å². The third-order valence-corrected chi connectivity index (χ3v) is 3.58. The fourth-order valence-electron chi connectivity index (χ4n) is 0.258. The molecule has 0 aliphatic carbocycles. The van der Waals surface area contributed by atoms with Gasteiger partial charge in [0.1, 0.15) is 0 Å². The number of nitrogens with zero attached hydrogens (tertiary/aromatic N) is 1. The second-order valence-electron chi connectivity index (χ2n) is 1.93. The van der Waals surface area contributed by atoms with Crippen molar-refractivity contribution in [1.82, 2.24) is 9.55 Å². The molecule has 0 amide bonds. The monoisotopic (exact) mass is 118 g/mol. The van der Waals surface area contributed by atoms with E-state index in [0.29, 0.717) is 0 Å². The highest BCUT2D eigenvalue weighted by Gasteiger charge is 1.99. The molecule has 1 N–H and O–H groups in total. The zero-order valence-electron chi connectivity index (χ0n) is 5.52. The van der Waals surface area contributed by atoms with E-state index >= 15 is 0 Å². The molecule has 0 radical (unpaired) electrons. The largest absolute Gasteiger partial charge is 0.331 e. The van der Waals surface area contributed by atoms with E-state index in [0.717, 1.165) is 0 Å². The molecule has 0 aliphatic rings. The van der Waals surface area contributed by atoms with Gasteiger partial charge in [0.25, 0.3) is 0 Å². The molecule has 2 nitrogen and oxygen atoms in total. The Balaban J connectivity index is 3.14. The Morgan fingerprint density at radius 3 is 1.86 bits per heavy atom. The molecule has 0 heterocycles. The van der Waals surface area contributed by atoms with Gasteiger partial charge >= 0.3 is 0 Å². The Bertz CT molecular complexity index is 47.0. The molecule has 0 saturated heterocycles. The fraction of sp³-hybridized carbons (Fsp3) is 1.00. The minimum atomic E-state index is -0.671. The SMILES string of the molecule is CN[SiH](C)N(C)C. The van der Waals surface area contributed by atoms with Gasteiger partial charge in [0.2, 0.25) is 0 Å². The van der Waals surface area contributed by atoms with Crippen molar-refractivity contribution in [3.8, 4) is 0 Å². The second kappa shape index (κ2) is 3.18. The lowest BCUT2D eigenvalue weighted by Crippen LogP contribution is -2.41. The molecule has 0 aromatic carbocycles. The van der Waals surface area contributed by atoms with Crippen LogP contribution in [0.3, 0.4) is 0 Å². The van der Waals surface area contributed by atoms with Gasteiger partial charge in [-0.1, -0.05) is 0 Å². The molecule has 0 fully saturated rings. The summed E-state index contributed by atoms with van der Waals surface area (Å²) in [6.45, 7) is 2.25. The maximum Gasteiger partial charge on any atom is 0.183 e. The summed E-state index contributed by atoms with van der Waals surface area (Å²) in [4.78, 5) is 3.23. The Morgan fingerprint density at radius 1 is 1.43 bits per heavy atom. The van der Waals surface area contributed by atoms with E-state index in [9.17, 15) is 0 Å². The predicted molar refractivity (Wildman–Crippen MR) is 35.8 cm³/mol. The molecule has 1 unspecified atom stereocenters. The van der Waals surface area contributed by atoms with Gasteiger partial charge in [-0.25, -0.2) is 0 Å². The maximum atomic E-state index is 3.23. The highest BCUT2D eigenvalue weighted by atomic mass is 28.3. The first-order valence-corrected chi connectivity index (χ1v) is 4.77. The van der Waals surface area contributed by atoms with E-state index < -0.39 is 9.12 Å². The van der Waals surface area contributed by atoms with Gasteiger partial charge in [0.15, 0.2) is 9.12 Å². The molecule has 0 aromatic rings. The van der Waals surface area contributed by atoms with Crippen LogP contribution in [0, 0.1) is 0 Å². The summed E-state index contributed by atoms with van der Waals surface area (Å²) >= 11 is 0. The predicted octanol–water partition coefficient (Wildman–Crippen LogP) is -0.382. The second-order valence-corrected chi connectivity index (χ2v) is 4.89. The topological polar surface area (TPSA) is 15.3 Å². The molecule has 0 bridgehead atoms. The summed E-state index contributed by atoms with van der Waals surface area (Å²) < 4.78 is 2.25. The first-order valence-electron chi connectivity index (χ1n) is 2.52. The first-order chi connectivity index (χ1) is 3.18. The van der Waals surface area contributed by atoms with E-state index in [2.05, 4.69) is 30.2 Å². The van der Waals surface area contributed by atoms with E-state index in [1.807, 2.05) is 7.05 Å². The highest BCUT2D eigenvalue weighted by Crippen LogP contribution is 1.75. The zero-order chi connectivity index (χ0) is 5.86. The molecule has 1 atom stereocenters. The smallest absolute Gasteiger partial charge is 0.183 e. The molecule has 3 heteroatoms. The zero-order valence-corrected chi connectivity index (χ0v) is 6.68. The molecule has 0 aromatic heterocycles. The normalized spacial score (nSPS) is 15.0. The van der Waals surface area contributed by atoms with Gasteiger partial charge in [0, 0.05) is 0 Å². The van der Waals surface area contributed by atoms with Crippen LogP contribution in [0.4, 0.5) is 0 Å². The van der Waals surface area contributed by atoms with Gasteiger partial charge in [0.05, 0.1) is 0 Å². The number of nitrogens with one attached hydrogen (secondary N) is 1. The minimum Gasteiger partial charge on any atom is -0.331 e. The van der Waals surface area contributed by atoms with E-state index in [-0.39, 0.29) is 0 Å². The lowest BCUT2D eigenvalue weighted by atomic mass is 11.3. The molecule has 0 rings (SSSR count).